The van der Waals surface area contributed by atoms with E-state index in [1.807, 2.05) is 35.2 Å². The molecule has 0 radical (unpaired) electrons. The molecule has 0 aliphatic carbocycles. The van der Waals surface area contributed by atoms with Crippen LogP contribution in [-0.4, -0.2) is 45.7 Å². The van der Waals surface area contributed by atoms with E-state index in [1.54, 1.807) is 6.33 Å². The second-order valence-electron chi connectivity index (χ2n) is 5.82. The van der Waals surface area contributed by atoms with E-state index in [4.69, 9.17) is 6.42 Å². The predicted molar refractivity (Wildman–Crippen MR) is 93.9 cm³/mol. The summed E-state index contributed by atoms with van der Waals surface area (Å²) in [5.74, 6) is 3.56. The van der Waals surface area contributed by atoms with Gasteiger partial charge in [-0.25, -0.2) is 15.0 Å². The van der Waals surface area contributed by atoms with Crippen molar-refractivity contribution in [3.8, 4) is 12.3 Å². The summed E-state index contributed by atoms with van der Waals surface area (Å²) in [6, 6.07) is 7.99. The van der Waals surface area contributed by atoms with Gasteiger partial charge in [-0.1, -0.05) is 18.1 Å². The van der Waals surface area contributed by atoms with Crippen LogP contribution in [0.25, 0.3) is 11.2 Å². The van der Waals surface area contributed by atoms with Crippen LogP contribution in [0.3, 0.4) is 0 Å². The van der Waals surface area contributed by atoms with E-state index in [2.05, 4.69) is 31.1 Å². The summed E-state index contributed by atoms with van der Waals surface area (Å²) in [4.78, 5) is 15.7. The summed E-state index contributed by atoms with van der Waals surface area (Å²) >= 11 is 0. The second-order valence-corrected chi connectivity index (χ2v) is 5.82. The van der Waals surface area contributed by atoms with Gasteiger partial charge in [0.1, 0.15) is 6.33 Å². The van der Waals surface area contributed by atoms with E-state index in [0.29, 0.717) is 6.54 Å². The monoisotopic (exact) mass is 318 g/mol. The molecule has 0 atom stereocenters. The maximum absolute atomic E-state index is 5.41. The molecule has 1 N–H and O–H groups in total. The van der Waals surface area contributed by atoms with Crippen molar-refractivity contribution in [2.24, 2.45) is 0 Å². The minimum Gasteiger partial charge on any atom is -0.352 e. The van der Waals surface area contributed by atoms with Gasteiger partial charge in [-0.3, -0.25) is 0 Å². The van der Waals surface area contributed by atoms with E-state index in [0.717, 1.165) is 54.3 Å². The normalized spacial score (nSPS) is 14.7. The Hall–Kier alpha value is -2.91. The number of hydrogen-bond acceptors (Lipinski definition) is 5. The van der Waals surface area contributed by atoms with Gasteiger partial charge in [0.25, 0.3) is 0 Å². The second kappa shape index (κ2) is 6.30. The fraction of sp³-hybridized carbons (Fsp3) is 0.278. The first-order chi connectivity index (χ1) is 11.8. The highest BCUT2D eigenvalue weighted by Gasteiger charge is 2.17. The first-order valence-corrected chi connectivity index (χ1v) is 8.02. The molecule has 1 fully saturated rings. The molecule has 1 aliphatic heterocycles. The maximum atomic E-state index is 5.41. The van der Waals surface area contributed by atoms with Crippen molar-refractivity contribution in [2.75, 3.05) is 31.1 Å². The number of aromatic nitrogens is 4. The standard InChI is InChI=1S/C18H18N6/c1-2-14-3-5-15(6-4-14)11-24-13-22-16-17(20-12-21-18(16)24)23-9-7-19-8-10-23/h1,3-6,12-13,19H,7-11H2. The van der Waals surface area contributed by atoms with E-state index >= 15 is 0 Å². The van der Waals surface area contributed by atoms with Crippen LogP contribution in [0.4, 0.5) is 5.82 Å². The number of anilines is 1. The SMILES string of the molecule is C#Cc1ccc(Cn2cnc3c(N4CCNCC4)ncnc32)cc1. The minimum absolute atomic E-state index is 0.708. The van der Waals surface area contributed by atoms with Gasteiger partial charge in [0.2, 0.25) is 0 Å². The molecule has 120 valence electrons. The molecule has 1 aliphatic rings. The third-order valence-corrected chi connectivity index (χ3v) is 4.27. The molecule has 6 nitrogen and oxygen atoms in total. The first kappa shape index (κ1) is 14.7. The zero-order valence-electron chi connectivity index (χ0n) is 13.3. The fourth-order valence-corrected chi connectivity index (χ4v) is 3.00. The first-order valence-electron chi connectivity index (χ1n) is 8.02. The number of rotatable bonds is 3. The van der Waals surface area contributed by atoms with E-state index in [9.17, 15) is 0 Å². The molecule has 0 saturated carbocycles. The Morgan fingerprint density at radius 2 is 1.88 bits per heavy atom. The molecule has 0 unspecified atom stereocenters. The molecule has 3 heterocycles. The van der Waals surface area contributed by atoms with Crippen molar-refractivity contribution in [1.82, 2.24) is 24.8 Å². The van der Waals surface area contributed by atoms with E-state index < -0.39 is 0 Å². The van der Waals surface area contributed by atoms with Crippen molar-refractivity contribution in [3.05, 3.63) is 48.0 Å². The Bertz CT molecular complexity index is 884. The van der Waals surface area contributed by atoms with Gasteiger partial charge in [-0.05, 0) is 17.7 Å². The molecule has 1 aromatic carbocycles. The molecule has 0 spiro atoms. The number of fused-ring (bicyclic) bond motifs is 1. The summed E-state index contributed by atoms with van der Waals surface area (Å²) in [6.07, 6.45) is 8.86. The van der Waals surface area contributed by atoms with Crippen molar-refractivity contribution in [1.29, 1.82) is 0 Å². The molecule has 6 heteroatoms. The average molecular weight is 318 g/mol. The zero-order chi connectivity index (χ0) is 16.4. The van der Waals surface area contributed by atoms with Crippen LogP contribution >= 0.6 is 0 Å². The summed E-state index contributed by atoms with van der Waals surface area (Å²) in [7, 11) is 0. The lowest BCUT2D eigenvalue weighted by Crippen LogP contribution is -2.44. The maximum Gasteiger partial charge on any atom is 0.165 e. The Morgan fingerprint density at radius 1 is 1.08 bits per heavy atom. The van der Waals surface area contributed by atoms with Gasteiger partial charge in [-0.15, -0.1) is 6.42 Å². The fourth-order valence-electron chi connectivity index (χ4n) is 3.00. The third kappa shape index (κ3) is 2.70. The highest BCUT2D eigenvalue weighted by atomic mass is 15.3. The smallest absolute Gasteiger partial charge is 0.165 e. The summed E-state index contributed by atoms with van der Waals surface area (Å²) in [5, 5.41) is 3.36. The number of nitrogens with one attached hydrogen (secondary N) is 1. The Kier molecular flexibility index (Phi) is 3.85. The topological polar surface area (TPSA) is 58.9 Å². The lowest BCUT2D eigenvalue weighted by atomic mass is 10.1. The molecule has 4 rings (SSSR count). The lowest BCUT2D eigenvalue weighted by Gasteiger charge is -2.28. The molecular formula is C18H18N6. The molecule has 1 saturated heterocycles. The Morgan fingerprint density at radius 3 is 2.62 bits per heavy atom. The van der Waals surface area contributed by atoms with Gasteiger partial charge < -0.3 is 14.8 Å². The van der Waals surface area contributed by atoms with Crippen LogP contribution in [0.2, 0.25) is 0 Å². The van der Waals surface area contributed by atoms with E-state index in [-0.39, 0.29) is 0 Å². The molecule has 0 bridgehead atoms. The predicted octanol–water partition coefficient (Wildman–Crippen LogP) is 1.27. The number of benzene rings is 1. The van der Waals surface area contributed by atoms with Gasteiger partial charge in [0.05, 0.1) is 12.9 Å². The van der Waals surface area contributed by atoms with Gasteiger partial charge in [0.15, 0.2) is 17.0 Å². The molecule has 2 aromatic heterocycles. The van der Waals surface area contributed by atoms with Crippen molar-refractivity contribution in [2.45, 2.75) is 6.54 Å². The minimum atomic E-state index is 0.708. The van der Waals surface area contributed by atoms with Crippen molar-refractivity contribution >= 4 is 17.0 Å². The molecule has 24 heavy (non-hydrogen) atoms. The highest BCUT2D eigenvalue weighted by molar-refractivity contribution is 5.83. The molecule has 3 aromatic rings. The lowest BCUT2D eigenvalue weighted by molar-refractivity contribution is 0.586. The summed E-state index contributed by atoms with van der Waals surface area (Å²) < 4.78 is 2.05. The number of imidazole rings is 1. The van der Waals surface area contributed by atoms with Crippen LogP contribution in [0.5, 0.6) is 0 Å². The van der Waals surface area contributed by atoms with Gasteiger partial charge in [-0.2, -0.15) is 0 Å². The largest absolute Gasteiger partial charge is 0.352 e. The highest BCUT2D eigenvalue weighted by Crippen LogP contribution is 2.22. The Labute approximate surface area is 140 Å². The number of piperazine rings is 1. The molecule has 0 amide bonds. The van der Waals surface area contributed by atoms with Crippen LogP contribution in [-0.2, 0) is 6.54 Å². The number of terminal acetylenes is 1. The van der Waals surface area contributed by atoms with Crippen LogP contribution in [0, 0.1) is 12.3 Å². The average Bonchev–Trinajstić information content (AvgIpc) is 3.06. The zero-order valence-corrected chi connectivity index (χ0v) is 13.3. The van der Waals surface area contributed by atoms with Crippen molar-refractivity contribution < 1.29 is 0 Å². The quantitative estimate of drug-likeness (QED) is 0.737. The van der Waals surface area contributed by atoms with Crippen molar-refractivity contribution in [3.63, 3.8) is 0 Å². The Balaban J connectivity index is 1.66. The molecular weight excluding hydrogens is 300 g/mol. The van der Waals surface area contributed by atoms with Gasteiger partial charge >= 0.3 is 0 Å². The van der Waals surface area contributed by atoms with Gasteiger partial charge in [0, 0.05) is 31.7 Å². The summed E-state index contributed by atoms with van der Waals surface area (Å²) in [6.45, 7) is 4.51. The van der Waals surface area contributed by atoms with E-state index in [1.165, 1.54) is 0 Å². The van der Waals surface area contributed by atoms with Crippen LogP contribution < -0.4 is 10.2 Å². The van der Waals surface area contributed by atoms with Crippen LogP contribution in [0.1, 0.15) is 11.1 Å². The summed E-state index contributed by atoms with van der Waals surface area (Å²) in [5.41, 5.74) is 3.77. The van der Waals surface area contributed by atoms with Crippen LogP contribution in [0.15, 0.2) is 36.9 Å². The number of hydrogen-bond donors (Lipinski definition) is 1. The number of nitrogens with zero attached hydrogens (tertiary/aromatic N) is 5. The third-order valence-electron chi connectivity index (χ3n) is 4.27.